The molecule has 0 radical (unpaired) electrons. The number of carboxylic acids is 1. The summed E-state index contributed by atoms with van der Waals surface area (Å²) in [5.74, 6) is -0.437. The van der Waals surface area contributed by atoms with Crippen LogP contribution in [0.25, 0.3) is 10.2 Å². The lowest BCUT2D eigenvalue weighted by molar-refractivity contribution is -0.137. The topological polar surface area (TPSA) is 90.1 Å². The number of halogens is 1. The van der Waals surface area contributed by atoms with Gasteiger partial charge in [-0.25, -0.2) is 0 Å². The van der Waals surface area contributed by atoms with E-state index in [2.05, 4.69) is 4.99 Å². The zero-order valence-corrected chi connectivity index (χ0v) is 14.7. The van der Waals surface area contributed by atoms with Gasteiger partial charge in [0.25, 0.3) is 5.91 Å². The van der Waals surface area contributed by atoms with Crippen LogP contribution in [0.15, 0.2) is 41.4 Å². The van der Waals surface area contributed by atoms with Crippen molar-refractivity contribution in [2.45, 2.75) is 6.54 Å². The molecule has 4 rings (SSSR count). The van der Waals surface area contributed by atoms with Crippen molar-refractivity contribution in [2.75, 3.05) is 6.79 Å². The first-order valence-corrected chi connectivity index (χ1v) is 8.70. The van der Waals surface area contributed by atoms with E-state index in [0.717, 1.165) is 4.70 Å². The van der Waals surface area contributed by atoms with Gasteiger partial charge in [0.1, 0.15) is 6.54 Å². The largest absolute Gasteiger partial charge is 0.480 e. The molecule has 0 unspecified atom stereocenters. The molecule has 1 aliphatic rings. The minimum atomic E-state index is -1.04. The van der Waals surface area contributed by atoms with Crippen LogP contribution in [0.5, 0.6) is 11.5 Å². The SMILES string of the molecule is O=C(O)Cn1c(=NC(=O)c2cccc(Cl)c2)sc2cc3c(cc21)OCO3. The Balaban J connectivity index is 1.88. The molecule has 1 amide bonds. The second-order valence-electron chi connectivity index (χ2n) is 5.47. The second-order valence-corrected chi connectivity index (χ2v) is 6.91. The van der Waals surface area contributed by atoms with E-state index < -0.39 is 11.9 Å². The maximum absolute atomic E-state index is 12.5. The highest BCUT2D eigenvalue weighted by Crippen LogP contribution is 2.37. The van der Waals surface area contributed by atoms with Crippen LogP contribution in [-0.4, -0.2) is 28.3 Å². The maximum atomic E-state index is 12.5. The lowest BCUT2D eigenvalue weighted by Crippen LogP contribution is -2.21. The summed E-state index contributed by atoms with van der Waals surface area (Å²) < 4.78 is 12.9. The molecule has 0 atom stereocenters. The number of thiazole rings is 1. The van der Waals surface area contributed by atoms with Crippen molar-refractivity contribution in [1.82, 2.24) is 4.57 Å². The summed E-state index contributed by atoms with van der Waals surface area (Å²) in [4.78, 5) is 28.1. The Kier molecular flexibility index (Phi) is 4.14. The number of nitrogens with zero attached hydrogens (tertiary/aromatic N) is 2. The second kappa shape index (κ2) is 6.47. The Morgan fingerprint density at radius 1 is 1.23 bits per heavy atom. The number of ether oxygens (including phenoxy) is 2. The summed E-state index contributed by atoms with van der Waals surface area (Å²) in [5, 5.41) is 9.66. The number of hydrogen-bond donors (Lipinski definition) is 1. The molecule has 0 spiro atoms. The molecule has 1 aromatic heterocycles. The van der Waals surface area contributed by atoms with Gasteiger partial charge in [-0.2, -0.15) is 4.99 Å². The first kappa shape index (κ1) is 16.6. The fourth-order valence-corrected chi connectivity index (χ4v) is 3.83. The van der Waals surface area contributed by atoms with Gasteiger partial charge < -0.3 is 19.1 Å². The number of fused-ring (bicyclic) bond motifs is 2. The highest BCUT2D eigenvalue weighted by atomic mass is 35.5. The van der Waals surface area contributed by atoms with Gasteiger partial charge in [-0.15, -0.1) is 0 Å². The van der Waals surface area contributed by atoms with Crippen molar-refractivity contribution in [1.29, 1.82) is 0 Å². The fraction of sp³-hybridized carbons (Fsp3) is 0.118. The molecule has 0 aliphatic carbocycles. The molecule has 1 aliphatic heterocycles. The van der Waals surface area contributed by atoms with Crippen molar-refractivity contribution >= 4 is 45.0 Å². The molecule has 0 fully saturated rings. The lowest BCUT2D eigenvalue weighted by Gasteiger charge is -2.02. The summed E-state index contributed by atoms with van der Waals surface area (Å²) in [6.07, 6.45) is 0. The van der Waals surface area contributed by atoms with Crippen molar-refractivity contribution in [3.05, 3.63) is 51.8 Å². The predicted molar refractivity (Wildman–Crippen MR) is 94.9 cm³/mol. The van der Waals surface area contributed by atoms with Crippen molar-refractivity contribution in [3.63, 3.8) is 0 Å². The molecule has 0 saturated carbocycles. The van der Waals surface area contributed by atoms with E-state index in [4.69, 9.17) is 21.1 Å². The number of aliphatic carboxylic acids is 1. The van der Waals surface area contributed by atoms with E-state index in [9.17, 15) is 14.7 Å². The van der Waals surface area contributed by atoms with Gasteiger partial charge >= 0.3 is 5.97 Å². The van der Waals surface area contributed by atoms with Crippen LogP contribution in [0.1, 0.15) is 10.4 Å². The molecule has 1 N–H and O–H groups in total. The molecule has 9 heteroatoms. The zero-order chi connectivity index (χ0) is 18.3. The third-order valence-electron chi connectivity index (χ3n) is 3.74. The minimum absolute atomic E-state index is 0.121. The molecular formula is C17H11ClN2O5S. The predicted octanol–water partition coefficient (Wildman–Crippen LogP) is 2.91. The average molecular weight is 391 g/mol. The highest BCUT2D eigenvalue weighted by molar-refractivity contribution is 7.16. The van der Waals surface area contributed by atoms with Crippen LogP contribution in [0.4, 0.5) is 0 Å². The highest BCUT2D eigenvalue weighted by Gasteiger charge is 2.19. The number of benzene rings is 2. The normalized spacial score (nSPS) is 13.3. The van der Waals surface area contributed by atoms with Crippen LogP contribution in [-0.2, 0) is 11.3 Å². The summed E-state index contributed by atoms with van der Waals surface area (Å²) >= 11 is 7.11. The van der Waals surface area contributed by atoms with Crippen molar-refractivity contribution < 1.29 is 24.2 Å². The van der Waals surface area contributed by atoms with Crippen molar-refractivity contribution in [2.24, 2.45) is 4.99 Å². The monoisotopic (exact) mass is 390 g/mol. The first-order valence-electron chi connectivity index (χ1n) is 7.50. The van der Waals surface area contributed by atoms with Crippen LogP contribution >= 0.6 is 22.9 Å². The number of rotatable bonds is 3. The Morgan fingerprint density at radius 3 is 2.73 bits per heavy atom. The van der Waals surface area contributed by atoms with Gasteiger partial charge in [-0.1, -0.05) is 29.0 Å². The van der Waals surface area contributed by atoms with E-state index in [1.807, 2.05) is 0 Å². The van der Waals surface area contributed by atoms with E-state index >= 15 is 0 Å². The summed E-state index contributed by atoms with van der Waals surface area (Å²) in [5.41, 5.74) is 0.935. The van der Waals surface area contributed by atoms with Gasteiger partial charge in [-0.3, -0.25) is 9.59 Å². The van der Waals surface area contributed by atoms with Crippen LogP contribution in [0, 0.1) is 0 Å². The van der Waals surface area contributed by atoms with E-state index in [-0.39, 0.29) is 18.1 Å². The number of hydrogen-bond acceptors (Lipinski definition) is 5. The molecule has 0 saturated heterocycles. The molecule has 2 heterocycles. The fourth-order valence-electron chi connectivity index (χ4n) is 2.61. The van der Waals surface area contributed by atoms with E-state index in [1.54, 1.807) is 30.3 Å². The van der Waals surface area contributed by atoms with Gasteiger partial charge in [0, 0.05) is 22.7 Å². The molecule has 2 aromatic carbocycles. The Labute approximate surface area is 155 Å². The van der Waals surface area contributed by atoms with Gasteiger partial charge in [0.2, 0.25) is 6.79 Å². The maximum Gasteiger partial charge on any atom is 0.323 e. The zero-order valence-electron chi connectivity index (χ0n) is 13.1. The van der Waals surface area contributed by atoms with Gasteiger partial charge in [0.05, 0.1) is 10.2 Å². The number of carbonyl (C=O) groups excluding carboxylic acids is 1. The molecule has 132 valence electrons. The number of carboxylic acid groups (broad SMARTS) is 1. The Hall–Kier alpha value is -2.84. The van der Waals surface area contributed by atoms with Gasteiger partial charge in [0.15, 0.2) is 16.3 Å². The third-order valence-corrected chi connectivity index (χ3v) is 5.02. The molecule has 3 aromatic rings. The average Bonchev–Trinajstić information content (AvgIpc) is 3.17. The van der Waals surface area contributed by atoms with Crippen LogP contribution < -0.4 is 14.3 Å². The standard InChI is InChI=1S/C17H11ClN2O5S/c18-10-3-1-2-9(4-10)16(23)19-17-20(7-15(21)22)11-5-12-13(25-8-24-12)6-14(11)26-17/h1-6H,7-8H2,(H,21,22). The Morgan fingerprint density at radius 2 is 2.00 bits per heavy atom. The minimum Gasteiger partial charge on any atom is -0.480 e. The summed E-state index contributed by atoms with van der Waals surface area (Å²) in [7, 11) is 0. The molecule has 26 heavy (non-hydrogen) atoms. The summed E-state index contributed by atoms with van der Waals surface area (Å²) in [6, 6.07) is 9.87. The van der Waals surface area contributed by atoms with E-state index in [0.29, 0.717) is 27.6 Å². The quantitative estimate of drug-likeness (QED) is 0.742. The molecule has 7 nitrogen and oxygen atoms in total. The lowest BCUT2D eigenvalue weighted by atomic mass is 10.2. The van der Waals surface area contributed by atoms with Gasteiger partial charge in [-0.05, 0) is 18.2 Å². The number of aromatic nitrogens is 1. The third kappa shape index (κ3) is 3.04. The number of amides is 1. The summed E-state index contributed by atoms with van der Waals surface area (Å²) in [6.45, 7) is -0.211. The van der Waals surface area contributed by atoms with Crippen LogP contribution in [0.2, 0.25) is 5.02 Å². The Bertz CT molecular complexity index is 1120. The van der Waals surface area contributed by atoms with Crippen molar-refractivity contribution in [3.8, 4) is 11.5 Å². The first-order chi connectivity index (χ1) is 12.5. The smallest absolute Gasteiger partial charge is 0.323 e. The van der Waals surface area contributed by atoms with E-state index in [1.165, 1.54) is 22.0 Å². The van der Waals surface area contributed by atoms with Crippen LogP contribution in [0.3, 0.4) is 0 Å². The number of carbonyl (C=O) groups is 2. The molecule has 0 bridgehead atoms. The molecular weight excluding hydrogens is 380 g/mol.